The predicted molar refractivity (Wildman–Crippen MR) is 95.0 cm³/mol. The number of rotatable bonds is 7. The van der Waals surface area contributed by atoms with Crippen LogP contribution in [0.15, 0.2) is 54.6 Å². The largest absolute Gasteiger partial charge is 0.480 e. The first-order valence-corrected chi connectivity index (χ1v) is 8.19. The van der Waals surface area contributed by atoms with Gasteiger partial charge in [0, 0.05) is 6.42 Å². The Hall–Kier alpha value is -2.84. The van der Waals surface area contributed by atoms with Gasteiger partial charge in [-0.25, -0.2) is 0 Å². The van der Waals surface area contributed by atoms with Crippen molar-refractivity contribution in [2.24, 2.45) is 0 Å². The van der Waals surface area contributed by atoms with Crippen molar-refractivity contribution in [1.29, 1.82) is 5.26 Å². The Morgan fingerprint density at radius 2 is 1.80 bits per heavy atom. The third-order valence-corrected chi connectivity index (χ3v) is 3.92. The van der Waals surface area contributed by atoms with Crippen molar-refractivity contribution in [3.05, 3.63) is 65.7 Å². The Morgan fingerprint density at radius 1 is 1.16 bits per heavy atom. The number of aliphatic hydroxyl groups is 1. The van der Waals surface area contributed by atoms with Gasteiger partial charge in [-0.3, -0.25) is 4.79 Å². The summed E-state index contributed by atoms with van der Waals surface area (Å²) in [4.78, 5) is 12.3. The number of amides is 1. The van der Waals surface area contributed by atoms with Crippen LogP contribution >= 0.6 is 0 Å². The molecule has 25 heavy (non-hydrogen) atoms. The molecule has 0 aromatic heterocycles. The maximum absolute atomic E-state index is 12.3. The van der Waals surface area contributed by atoms with Crippen LogP contribution in [0.2, 0.25) is 0 Å². The quantitative estimate of drug-likeness (QED) is 0.812. The van der Waals surface area contributed by atoms with Gasteiger partial charge in [0.2, 0.25) is 0 Å². The normalized spacial score (nSPS) is 14.0. The van der Waals surface area contributed by atoms with Crippen molar-refractivity contribution in [3.63, 3.8) is 0 Å². The minimum Gasteiger partial charge on any atom is -0.480 e. The Balaban J connectivity index is 1.90. The summed E-state index contributed by atoms with van der Waals surface area (Å²) in [6.07, 6.45) is -1.03. The van der Waals surface area contributed by atoms with E-state index >= 15 is 0 Å². The molecule has 130 valence electrons. The molecule has 0 saturated heterocycles. The number of hydrogen-bond donors (Lipinski definition) is 2. The summed E-state index contributed by atoms with van der Waals surface area (Å²) in [7, 11) is 0. The molecule has 1 amide bonds. The first-order valence-electron chi connectivity index (χ1n) is 8.19. The molecular formula is C20H22N2O3. The maximum atomic E-state index is 12.3. The zero-order valence-electron chi connectivity index (χ0n) is 14.3. The Morgan fingerprint density at radius 3 is 2.48 bits per heavy atom. The number of nitriles is 1. The molecule has 5 heteroatoms. The fourth-order valence-electron chi connectivity index (χ4n) is 2.38. The molecule has 0 fully saturated rings. The standard InChI is InChI=1S/C20H22N2O3/c1-14(18(23)12-16-8-4-3-5-9-16)22-20(24)15(2)25-19-11-7-6-10-17(19)13-21/h3-11,14-15,18,23H,12H2,1-2H3,(H,22,24). The van der Waals surface area contributed by atoms with Gasteiger partial charge in [-0.1, -0.05) is 42.5 Å². The predicted octanol–water partition coefficient (Wildman–Crippen LogP) is 2.43. The van der Waals surface area contributed by atoms with Gasteiger partial charge in [-0.05, 0) is 31.5 Å². The molecule has 5 nitrogen and oxygen atoms in total. The molecule has 0 radical (unpaired) electrons. The van der Waals surface area contributed by atoms with E-state index in [1.54, 1.807) is 38.1 Å². The number of para-hydroxylation sites is 1. The van der Waals surface area contributed by atoms with Gasteiger partial charge in [0.05, 0.1) is 17.7 Å². The van der Waals surface area contributed by atoms with E-state index in [0.29, 0.717) is 17.7 Å². The van der Waals surface area contributed by atoms with Gasteiger partial charge >= 0.3 is 0 Å². The molecule has 0 bridgehead atoms. The van der Waals surface area contributed by atoms with Crippen molar-refractivity contribution >= 4 is 5.91 Å². The molecule has 0 heterocycles. The molecule has 2 N–H and O–H groups in total. The Bertz CT molecular complexity index is 740. The van der Waals surface area contributed by atoms with Crippen LogP contribution in [0.25, 0.3) is 0 Å². The van der Waals surface area contributed by atoms with E-state index in [9.17, 15) is 9.90 Å². The van der Waals surface area contributed by atoms with Gasteiger partial charge < -0.3 is 15.2 Å². The number of ether oxygens (including phenoxy) is 1. The highest BCUT2D eigenvalue weighted by Gasteiger charge is 2.22. The number of hydrogen-bond acceptors (Lipinski definition) is 4. The summed E-state index contributed by atoms with van der Waals surface area (Å²) in [5.74, 6) is 0.0255. The molecule has 2 aromatic rings. The summed E-state index contributed by atoms with van der Waals surface area (Å²) in [5.41, 5.74) is 1.38. The fraction of sp³-hybridized carbons (Fsp3) is 0.300. The first-order chi connectivity index (χ1) is 12.0. The van der Waals surface area contributed by atoms with Gasteiger partial charge in [0.25, 0.3) is 5.91 Å². The summed E-state index contributed by atoms with van der Waals surface area (Å²) in [6.45, 7) is 3.36. The van der Waals surface area contributed by atoms with Crippen LogP contribution < -0.4 is 10.1 Å². The van der Waals surface area contributed by atoms with Crippen molar-refractivity contribution in [1.82, 2.24) is 5.32 Å². The molecule has 3 unspecified atom stereocenters. The van der Waals surface area contributed by atoms with Gasteiger partial charge in [0.15, 0.2) is 6.10 Å². The van der Waals surface area contributed by atoms with E-state index < -0.39 is 18.2 Å². The summed E-state index contributed by atoms with van der Waals surface area (Å²) in [6, 6.07) is 18.0. The third kappa shape index (κ3) is 5.33. The minimum absolute atomic E-state index is 0.340. The number of carbonyl (C=O) groups excluding carboxylic acids is 1. The van der Waals surface area contributed by atoms with Crippen LogP contribution in [0.1, 0.15) is 25.0 Å². The number of nitrogens with zero attached hydrogens (tertiary/aromatic N) is 1. The van der Waals surface area contributed by atoms with Crippen LogP contribution in [0.3, 0.4) is 0 Å². The van der Waals surface area contributed by atoms with Gasteiger partial charge in [-0.2, -0.15) is 5.26 Å². The van der Waals surface area contributed by atoms with Crippen LogP contribution in [0.5, 0.6) is 5.75 Å². The molecule has 2 aromatic carbocycles. The maximum Gasteiger partial charge on any atom is 0.261 e. The fourth-order valence-corrected chi connectivity index (χ4v) is 2.38. The summed E-state index contributed by atoms with van der Waals surface area (Å²) in [5, 5.41) is 22.1. The number of nitrogens with one attached hydrogen (secondary N) is 1. The molecule has 3 atom stereocenters. The van der Waals surface area contributed by atoms with Crippen LogP contribution in [-0.2, 0) is 11.2 Å². The Labute approximate surface area is 147 Å². The van der Waals surface area contributed by atoms with Crippen LogP contribution in [0.4, 0.5) is 0 Å². The van der Waals surface area contributed by atoms with E-state index in [1.165, 1.54) is 0 Å². The van der Waals surface area contributed by atoms with Crippen molar-refractivity contribution in [3.8, 4) is 11.8 Å². The van der Waals surface area contributed by atoms with E-state index in [2.05, 4.69) is 5.32 Å². The van der Waals surface area contributed by atoms with Crippen molar-refractivity contribution < 1.29 is 14.6 Å². The van der Waals surface area contributed by atoms with Crippen molar-refractivity contribution in [2.75, 3.05) is 0 Å². The lowest BCUT2D eigenvalue weighted by molar-refractivity contribution is -0.128. The topological polar surface area (TPSA) is 82.3 Å². The lowest BCUT2D eigenvalue weighted by atomic mass is 10.0. The number of aliphatic hydroxyl groups excluding tert-OH is 1. The van der Waals surface area contributed by atoms with Crippen LogP contribution in [-0.4, -0.2) is 29.3 Å². The lowest BCUT2D eigenvalue weighted by Crippen LogP contribution is -2.47. The zero-order valence-corrected chi connectivity index (χ0v) is 14.3. The minimum atomic E-state index is -0.777. The summed E-state index contributed by atoms with van der Waals surface area (Å²) >= 11 is 0. The molecule has 0 aliphatic carbocycles. The third-order valence-electron chi connectivity index (χ3n) is 3.92. The van der Waals surface area contributed by atoms with Crippen molar-refractivity contribution in [2.45, 2.75) is 38.5 Å². The average Bonchev–Trinajstić information content (AvgIpc) is 2.62. The van der Waals surface area contributed by atoms with Gasteiger partial charge in [0.1, 0.15) is 11.8 Å². The van der Waals surface area contributed by atoms with E-state index in [1.807, 2.05) is 36.4 Å². The van der Waals surface area contributed by atoms with E-state index in [-0.39, 0.29) is 5.91 Å². The van der Waals surface area contributed by atoms with Gasteiger partial charge in [-0.15, -0.1) is 0 Å². The smallest absolute Gasteiger partial charge is 0.261 e. The molecule has 0 aliphatic rings. The summed E-state index contributed by atoms with van der Waals surface area (Å²) < 4.78 is 5.58. The number of carbonyl (C=O) groups is 1. The monoisotopic (exact) mass is 338 g/mol. The highest BCUT2D eigenvalue weighted by molar-refractivity contribution is 5.81. The zero-order chi connectivity index (χ0) is 18.2. The lowest BCUT2D eigenvalue weighted by Gasteiger charge is -2.23. The van der Waals surface area contributed by atoms with E-state index in [4.69, 9.17) is 10.00 Å². The SMILES string of the molecule is CC(Oc1ccccc1C#N)C(=O)NC(C)C(O)Cc1ccccc1. The number of benzene rings is 2. The molecular weight excluding hydrogens is 316 g/mol. The molecule has 0 aliphatic heterocycles. The highest BCUT2D eigenvalue weighted by atomic mass is 16.5. The second kappa shape index (κ2) is 8.86. The first kappa shape index (κ1) is 18.5. The molecule has 0 spiro atoms. The highest BCUT2D eigenvalue weighted by Crippen LogP contribution is 2.18. The molecule has 0 saturated carbocycles. The van der Waals surface area contributed by atoms with Crippen LogP contribution in [0, 0.1) is 11.3 Å². The second-order valence-corrected chi connectivity index (χ2v) is 5.92. The van der Waals surface area contributed by atoms with E-state index in [0.717, 1.165) is 5.56 Å². The second-order valence-electron chi connectivity index (χ2n) is 5.92. The molecule has 2 rings (SSSR count). The average molecular weight is 338 g/mol. The Kier molecular flexibility index (Phi) is 6.55.